The van der Waals surface area contributed by atoms with Gasteiger partial charge in [0.2, 0.25) is 5.91 Å². The normalized spacial score (nSPS) is 18.3. The molecule has 2 amide bonds. The lowest BCUT2D eigenvalue weighted by atomic mass is 10.1. The quantitative estimate of drug-likeness (QED) is 0.628. The highest BCUT2D eigenvalue weighted by Crippen LogP contribution is 2.41. The van der Waals surface area contributed by atoms with Gasteiger partial charge in [-0.1, -0.05) is 35.5 Å². The molecule has 136 valence electrons. The van der Waals surface area contributed by atoms with Crippen LogP contribution in [0.3, 0.4) is 0 Å². The molecule has 0 radical (unpaired) electrons. The third-order valence-corrected chi connectivity index (χ3v) is 5.46. The molecule has 0 bridgehead atoms. The zero-order valence-corrected chi connectivity index (χ0v) is 15.4. The number of benzene rings is 2. The Morgan fingerprint density at radius 2 is 1.85 bits per heavy atom. The molecule has 0 aliphatic carbocycles. The van der Waals surface area contributed by atoms with Gasteiger partial charge in [-0.25, -0.2) is 4.39 Å². The van der Waals surface area contributed by atoms with E-state index in [1.165, 1.54) is 29.2 Å². The Bertz CT molecular complexity index is 968. The molecule has 5 nitrogen and oxygen atoms in total. The van der Waals surface area contributed by atoms with Gasteiger partial charge < -0.3 is 5.73 Å². The van der Waals surface area contributed by atoms with Crippen LogP contribution in [-0.4, -0.2) is 17.1 Å². The van der Waals surface area contributed by atoms with E-state index in [9.17, 15) is 19.2 Å². The van der Waals surface area contributed by atoms with Gasteiger partial charge in [-0.05, 0) is 48.4 Å². The van der Waals surface area contributed by atoms with Crippen molar-refractivity contribution in [1.29, 1.82) is 5.26 Å². The van der Waals surface area contributed by atoms with Crippen LogP contribution in [0.25, 0.3) is 0 Å². The number of carbonyl (C=O) groups excluding carboxylic acids is 2. The van der Waals surface area contributed by atoms with E-state index in [1.54, 1.807) is 30.3 Å². The van der Waals surface area contributed by atoms with E-state index in [0.717, 1.165) is 17.3 Å². The van der Waals surface area contributed by atoms with Crippen molar-refractivity contribution < 1.29 is 14.0 Å². The molecule has 1 aliphatic heterocycles. The van der Waals surface area contributed by atoms with Gasteiger partial charge in [0, 0.05) is 10.7 Å². The van der Waals surface area contributed by atoms with Crippen LogP contribution in [0, 0.1) is 17.1 Å². The molecule has 0 aromatic heterocycles. The molecule has 1 aliphatic rings. The first kappa shape index (κ1) is 19.0. The molecule has 3 rings (SSSR count). The van der Waals surface area contributed by atoms with E-state index in [4.69, 9.17) is 17.3 Å². The van der Waals surface area contributed by atoms with E-state index >= 15 is 0 Å². The Balaban J connectivity index is 2.01. The number of thioether (sulfide) groups is 1. The van der Waals surface area contributed by atoms with Crippen molar-refractivity contribution in [2.75, 3.05) is 4.90 Å². The molecule has 2 aromatic carbocycles. The molecule has 8 heteroatoms. The minimum atomic E-state index is -0.924. The second-order valence-electron chi connectivity index (χ2n) is 5.74. The highest BCUT2D eigenvalue weighted by Gasteiger charge is 2.40. The number of primary amides is 1. The lowest BCUT2D eigenvalue weighted by Gasteiger charge is -2.18. The first-order chi connectivity index (χ1) is 12.9. The van der Waals surface area contributed by atoms with Crippen LogP contribution in [0.4, 0.5) is 10.1 Å². The third-order valence-electron chi connectivity index (χ3n) is 3.94. The van der Waals surface area contributed by atoms with Gasteiger partial charge in [-0.15, -0.1) is 0 Å². The zero-order chi connectivity index (χ0) is 19.6. The standard InChI is InChI=1S/C19H13ClFN3O2S/c20-12-3-1-11(2-4-12)9-16-18(26)24(14-7-5-13(21)6-8-14)19(27-16)15(10-22)17(23)25/h1-8,16H,9H2,(H2,23,25)/b19-15+/t16-/m1/s1. The van der Waals surface area contributed by atoms with Crippen molar-refractivity contribution >= 4 is 40.9 Å². The molecule has 0 spiro atoms. The summed E-state index contributed by atoms with van der Waals surface area (Å²) in [6.07, 6.45) is 0.374. The fourth-order valence-corrected chi connectivity index (χ4v) is 4.10. The fraction of sp³-hybridized carbons (Fsp3) is 0.105. The number of hydrogen-bond acceptors (Lipinski definition) is 4. The Labute approximate surface area is 164 Å². The Kier molecular flexibility index (Phi) is 5.49. The minimum Gasteiger partial charge on any atom is -0.365 e. The first-order valence-electron chi connectivity index (χ1n) is 7.85. The van der Waals surface area contributed by atoms with Crippen LogP contribution in [0.15, 0.2) is 59.1 Å². The van der Waals surface area contributed by atoms with Crippen molar-refractivity contribution in [3.63, 3.8) is 0 Å². The predicted octanol–water partition coefficient (Wildman–Crippen LogP) is 3.39. The largest absolute Gasteiger partial charge is 0.365 e. The van der Waals surface area contributed by atoms with E-state index in [2.05, 4.69) is 0 Å². The smallest absolute Gasteiger partial charge is 0.262 e. The number of nitrogens with zero attached hydrogens (tertiary/aromatic N) is 2. The van der Waals surface area contributed by atoms with Gasteiger partial charge in [0.05, 0.1) is 5.25 Å². The van der Waals surface area contributed by atoms with Crippen LogP contribution >= 0.6 is 23.4 Å². The summed E-state index contributed by atoms with van der Waals surface area (Å²) in [6.45, 7) is 0. The van der Waals surface area contributed by atoms with Crippen LogP contribution in [0.2, 0.25) is 5.02 Å². The van der Waals surface area contributed by atoms with Crippen molar-refractivity contribution in [3.8, 4) is 6.07 Å². The Hall–Kier alpha value is -2.82. The maximum atomic E-state index is 13.3. The summed E-state index contributed by atoms with van der Waals surface area (Å²) in [7, 11) is 0. The summed E-state index contributed by atoms with van der Waals surface area (Å²) < 4.78 is 13.3. The first-order valence-corrected chi connectivity index (χ1v) is 9.11. The van der Waals surface area contributed by atoms with Crippen molar-refractivity contribution in [2.45, 2.75) is 11.7 Å². The maximum Gasteiger partial charge on any atom is 0.262 e. The Morgan fingerprint density at radius 3 is 2.41 bits per heavy atom. The van der Waals surface area contributed by atoms with Gasteiger partial charge in [-0.2, -0.15) is 5.26 Å². The SMILES string of the molecule is N#C/C(C(N)=O)=C1\S[C@H](Cc2ccc(Cl)cc2)C(=O)N1c1ccc(F)cc1. The van der Waals surface area contributed by atoms with Crippen molar-refractivity contribution in [3.05, 3.63) is 75.5 Å². The van der Waals surface area contributed by atoms with E-state index in [0.29, 0.717) is 17.1 Å². The summed E-state index contributed by atoms with van der Waals surface area (Å²) in [6, 6.07) is 14.0. The van der Waals surface area contributed by atoms with Crippen molar-refractivity contribution in [2.24, 2.45) is 5.73 Å². The number of carbonyl (C=O) groups is 2. The lowest BCUT2D eigenvalue weighted by Crippen LogP contribution is -2.31. The predicted molar refractivity (Wildman–Crippen MR) is 102 cm³/mol. The number of anilines is 1. The molecule has 1 fully saturated rings. The van der Waals surface area contributed by atoms with Gasteiger partial charge >= 0.3 is 0 Å². The maximum absolute atomic E-state index is 13.3. The molecule has 0 saturated carbocycles. The van der Waals surface area contributed by atoms with Crippen LogP contribution in [-0.2, 0) is 16.0 Å². The van der Waals surface area contributed by atoms with Gasteiger partial charge in [0.1, 0.15) is 22.5 Å². The Morgan fingerprint density at radius 1 is 1.22 bits per heavy atom. The van der Waals surface area contributed by atoms with Gasteiger partial charge in [0.25, 0.3) is 5.91 Å². The van der Waals surface area contributed by atoms with Crippen LogP contribution < -0.4 is 10.6 Å². The van der Waals surface area contributed by atoms with E-state index in [-0.39, 0.29) is 16.5 Å². The van der Waals surface area contributed by atoms with E-state index in [1.807, 2.05) is 0 Å². The molecule has 1 atom stereocenters. The lowest BCUT2D eigenvalue weighted by molar-refractivity contribution is -0.117. The van der Waals surface area contributed by atoms with Crippen LogP contribution in [0.5, 0.6) is 0 Å². The van der Waals surface area contributed by atoms with E-state index < -0.39 is 17.0 Å². The second kappa shape index (κ2) is 7.82. The topological polar surface area (TPSA) is 87.2 Å². The number of nitriles is 1. The monoisotopic (exact) mass is 401 g/mol. The molecule has 27 heavy (non-hydrogen) atoms. The summed E-state index contributed by atoms with van der Waals surface area (Å²) in [4.78, 5) is 25.9. The average molecular weight is 402 g/mol. The summed E-state index contributed by atoms with van der Waals surface area (Å²) in [5.41, 5.74) is 6.23. The van der Waals surface area contributed by atoms with Gasteiger partial charge in [0.15, 0.2) is 0 Å². The molecule has 2 aromatic rings. The zero-order valence-electron chi connectivity index (χ0n) is 13.9. The van der Waals surface area contributed by atoms with Crippen LogP contribution in [0.1, 0.15) is 5.56 Å². The molecule has 1 saturated heterocycles. The minimum absolute atomic E-state index is 0.153. The highest BCUT2D eigenvalue weighted by atomic mass is 35.5. The number of hydrogen-bond donors (Lipinski definition) is 1. The number of rotatable bonds is 4. The third kappa shape index (κ3) is 3.97. The summed E-state index contributed by atoms with van der Waals surface area (Å²) >= 11 is 6.98. The number of amides is 2. The highest BCUT2D eigenvalue weighted by molar-refractivity contribution is 8.05. The number of halogens is 2. The second-order valence-corrected chi connectivity index (χ2v) is 7.37. The molecular formula is C19H13ClFN3O2S. The average Bonchev–Trinajstić information content (AvgIpc) is 2.94. The summed E-state index contributed by atoms with van der Waals surface area (Å²) in [5, 5.41) is 9.50. The van der Waals surface area contributed by atoms with Gasteiger partial charge in [-0.3, -0.25) is 14.5 Å². The molecular weight excluding hydrogens is 389 g/mol. The van der Waals surface area contributed by atoms with Crippen molar-refractivity contribution in [1.82, 2.24) is 0 Å². The molecule has 2 N–H and O–H groups in total. The summed E-state index contributed by atoms with van der Waals surface area (Å²) in [5.74, 6) is -1.70. The number of nitrogens with two attached hydrogens (primary N) is 1. The molecule has 1 heterocycles. The fourth-order valence-electron chi connectivity index (χ4n) is 2.66. The molecule has 0 unspecified atom stereocenters.